The van der Waals surface area contributed by atoms with Gasteiger partial charge in [0, 0.05) is 0 Å². The van der Waals surface area contributed by atoms with Crippen LogP contribution in [0.15, 0.2) is 18.2 Å². The molecule has 0 radical (unpaired) electrons. The molecule has 100 valence electrons. The summed E-state index contributed by atoms with van der Waals surface area (Å²) in [6, 6.07) is 5.94. The third-order valence-electron chi connectivity index (χ3n) is 4.51. The lowest BCUT2D eigenvalue weighted by Gasteiger charge is -2.31. The van der Waals surface area contributed by atoms with E-state index in [2.05, 4.69) is 26.0 Å². The second kappa shape index (κ2) is 5.85. The fourth-order valence-corrected chi connectivity index (χ4v) is 3.09. The molecule has 18 heavy (non-hydrogen) atoms. The van der Waals surface area contributed by atoms with Gasteiger partial charge in [0.25, 0.3) is 0 Å². The lowest BCUT2D eigenvalue weighted by Crippen LogP contribution is -2.34. The Labute approximate surface area is 110 Å². The number of benzene rings is 1. The second-order valence-electron chi connectivity index (χ2n) is 5.70. The summed E-state index contributed by atoms with van der Waals surface area (Å²) in [5.74, 6) is 0.383. The van der Waals surface area contributed by atoms with E-state index in [1.54, 1.807) is 0 Å². The number of rotatable bonds is 3. The van der Waals surface area contributed by atoms with Crippen LogP contribution in [0.2, 0.25) is 0 Å². The maximum absolute atomic E-state index is 10.5. The molecule has 1 aromatic carbocycles. The topological polar surface area (TPSA) is 46.2 Å². The van der Waals surface area contributed by atoms with Gasteiger partial charge in [-0.3, -0.25) is 0 Å². The van der Waals surface area contributed by atoms with Crippen molar-refractivity contribution in [2.45, 2.75) is 58.1 Å². The summed E-state index contributed by atoms with van der Waals surface area (Å²) < 4.78 is 0. The molecule has 1 fully saturated rings. The molecule has 0 spiro atoms. The van der Waals surface area contributed by atoms with E-state index < -0.39 is 6.10 Å². The highest BCUT2D eigenvalue weighted by Gasteiger charge is 2.28. The van der Waals surface area contributed by atoms with Crippen LogP contribution in [0.25, 0.3) is 0 Å². The van der Waals surface area contributed by atoms with Crippen molar-refractivity contribution in [1.82, 2.24) is 0 Å². The molecule has 2 heteroatoms. The van der Waals surface area contributed by atoms with E-state index >= 15 is 0 Å². The van der Waals surface area contributed by atoms with E-state index in [1.807, 2.05) is 6.07 Å². The lowest BCUT2D eigenvalue weighted by molar-refractivity contribution is 0.0616. The van der Waals surface area contributed by atoms with Crippen molar-refractivity contribution in [3.05, 3.63) is 34.9 Å². The fraction of sp³-hybridized carbons (Fsp3) is 0.625. The molecule has 0 amide bonds. The summed E-state index contributed by atoms with van der Waals surface area (Å²) in [4.78, 5) is 0. The fourth-order valence-electron chi connectivity index (χ4n) is 3.09. The van der Waals surface area contributed by atoms with Crippen molar-refractivity contribution in [3.8, 4) is 0 Å². The number of aliphatic hydroxyl groups excluding tert-OH is 1. The van der Waals surface area contributed by atoms with Crippen LogP contribution in [0.3, 0.4) is 0 Å². The largest absolute Gasteiger partial charge is 0.391 e. The Morgan fingerprint density at radius 2 is 1.83 bits per heavy atom. The first kappa shape index (κ1) is 13.6. The van der Waals surface area contributed by atoms with Gasteiger partial charge in [-0.05, 0) is 49.3 Å². The smallest absolute Gasteiger partial charge is 0.0760 e. The van der Waals surface area contributed by atoms with Crippen LogP contribution in [-0.2, 0) is 0 Å². The Morgan fingerprint density at radius 3 is 2.50 bits per heavy atom. The van der Waals surface area contributed by atoms with Gasteiger partial charge in [-0.1, -0.05) is 37.5 Å². The van der Waals surface area contributed by atoms with Crippen LogP contribution >= 0.6 is 0 Å². The Bertz CT molecular complexity index is 396. The Hall–Kier alpha value is -0.860. The van der Waals surface area contributed by atoms with Gasteiger partial charge in [-0.15, -0.1) is 0 Å². The van der Waals surface area contributed by atoms with Crippen molar-refractivity contribution >= 4 is 0 Å². The molecular weight excluding hydrogens is 222 g/mol. The minimum atomic E-state index is -0.397. The molecule has 2 rings (SSSR count). The van der Waals surface area contributed by atoms with Gasteiger partial charge in [0.15, 0.2) is 0 Å². The van der Waals surface area contributed by atoms with Crippen molar-refractivity contribution in [2.24, 2.45) is 11.7 Å². The number of hydrogen-bond acceptors (Lipinski definition) is 2. The van der Waals surface area contributed by atoms with E-state index in [9.17, 15) is 5.11 Å². The van der Waals surface area contributed by atoms with E-state index in [0.717, 1.165) is 18.4 Å². The first-order valence-corrected chi connectivity index (χ1v) is 7.11. The maximum atomic E-state index is 10.5. The summed E-state index contributed by atoms with van der Waals surface area (Å²) in [6.45, 7) is 4.19. The van der Waals surface area contributed by atoms with Crippen molar-refractivity contribution < 1.29 is 5.11 Å². The average Bonchev–Trinajstić information content (AvgIpc) is 2.41. The van der Waals surface area contributed by atoms with Gasteiger partial charge in [-0.25, -0.2) is 0 Å². The van der Waals surface area contributed by atoms with Crippen LogP contribution in [0, 0.1) is 19.8 Å². The molecule has 2 nitrogen and oxygen atoms in total. The normalized spacial score (nSPS) is 20.7. The summed E-state index contributed by atoms with van der Waals surface area (Å²) in [7, 11) is 0. The third-order valence-corrected chi connectivity index (χ3v) is 4.51. The predicted octanol–water partition coefficient (Wildman–Crippen LogP) is 3.24. The number of hydrogen-bond donors (Lipinski definition) is 2. The molecule has 0 bridgehead atoms. The summed E-state index contributed by atoms with van der Waals surface area (Å²) in [6.07, 6.45) is 5.63. The predicted molar refractivity (Wildman–Crippen MR) is 75.4 cm³/mol. The maximum Gasteiger partial charge on any atom is 0.0760 e. The second-order valence-corrected chi connectivity index (χ2v) is 5.70. The molecular formula is C16H25NO. The minimum absolute atomic E-state index is 0.243. The SMILES string of the molecule is Cc1cccc([C@H](N)[C@H](O)C2CCCCC2)c1C. The van der Waals surface area contributed by atoms with Gasteiger partial charge in [-0.2, -0.15) is 0 Å². The molecule has 2 atom stereocenters. The van der Waals surface area contributed by atoms with Crippen LogP contribution < -0.4 is 5.73 Å². The molecule has 1 saturated carbocycles. The van der Waals surface area contributed by atoms with E-state index in [0.29, 0.717) is 5.92 Å². The first-order valence-electron chi connectivity index (χ1n) is 7.11. The molecule has 0 saturated heterocycles. The van der Waals surface area contributed by atoms with Gasteiger partial charge >= 0.3 is 0 Å². The first-order chi connectivity index (χ1) is 8.61. The highest BCUT2D eigenvalue weighted by Crippen LogP contribution is 2.32. The Morgan fingerprint density at radius 1 is 1.17 bits per heavy atom. The number of aliphatic hydroxyl groups is 1. The van der Waals surface area contributed by atoms with Gasteiger partial charge in [0.2, 0.25) is 0 Å². The van der Waals surface area contributed by atoms with Crippen LogP contribution in [-0.4, -0.2) is 11.2 Å². The standard InChI is InChI=1S/C16H25NO/c1-11-7-6-10-14(12(11)2)15(17)16(18)13-8-4-3-5-9-13/h6-7,10,13,15-16,18H,3-5,8-9,17H2,1-2H3/t15-,16+/m0/s1. The van der Waals surface area contributed by atoms with Crippen LogP contribution in [0.4, 0.5) is 0 Å². The van der Waals surface area contributed by atoms with E-state index in [4.69, 9.17) is 5.73 Å². The summed E-state index contributed by atoms with van der Waals surface area (Å²) in [5, 5.41) is 10.5. The van der Waals surface area contributed by atoms with E-state index in [1.165, 1.54) is 30.4 Å². The quantitative estimate of drug-likeness (QED) is 0.861. The molecule has 0 aromatic heterocycles. The van der Waals surface area contributed by atoms with Crippen molar-refractivity contribution in [1.29, 1.82) is 0 Å². The van der Waals surface area contributed by atoms with Gasteiger partial charge < -0.3 is 10.8 Å². The zero-order chi connectivity index (χ0) is 13.1. The van der Waals surface area contributed by atoms with Gasteiger partial charge in [0.05, 0.1) is 12.1 Å². The Kier molecular flexibility index (Phi) is 4.41. The molecule has 1 aromatic rings. The zero-order valence-corrected chi connectivity index (χ0v) is 11.5. The molecule has 3 N–H and O–H groups in total. The van der Waals surface area contributed by atoms with Crippen LogP contribution in [0.5, 0.6) is 0 Å². The average molecular weight is 247 g/mol. The molecule has 0 heterocycles. The molecule has 1 aliphatic carbocycles. The number of nitrogens with two attached hydrogens (primary N) is 1. The highest BCUT2D eigenvalue weighted by atomic mass is 16.3. The van der Waals surface area contributed by atoms with E-state index in [-0.39, 0.29) is 6.04 Å². The van der Waals surface area contributed by atoms with Gasteiger partial charge in [0.1, 0.15) is 0 Å². The molecule has 0 aliphatic heterocycles. The lowest BCUT2D eigenvalue weighted by atomic mass is 9.80. The zero-order valence-electron chi connectivity index (χ0n) is 11.5. The van der Waals surface area contributed by atoms with Crippen molar-refractivity contribution in [2.75, 3.05) is 0 Å². The highest BCUT2D eigenvalue weighted by molar-refractivity contribution is 5.35. The number of aryl methyl sites for hydroxylation is 1. The molecule has 1 aliphatic rings. The van der Waals surface area contributed by atoms with Crippen molar-refractivity contribution in [3.63, 3.8) is 0 Å². The minimum Gasteiger partial charge on any atom is -0.391 e. The monoisotopic (exact) mass is 247 g/mol. The summed E-state index contributed by atoms with van der Waals surface area (Å²) >= 11 is 0. The van der Waals surface area contributed by atoms with Crippen LogP contribution in [0.1, 0.15) is 54.8 Å². The Balaban J connectivity index is 2.14. The third kappa shape index (κ3) is 2.76. The summed E-state index contributed by atoms with van der Waals surface area (Å²) in [5.41, 5.74) is 9.86. The molecule has 0 unspecified atom stereocenters.